The van der Waals surface area contributed by atoms with Crippen molar-refractivity contribution in [3.63, 3.8) is 0 Å². The predicted octanol–water partition coefficient (Wildman–Crippen LogP) is 5.43. The summed E-state index contributed by atoms with van der Waals surface area (Å²) < 4.78 is 0. The van der Waals surface area contributed by atoms with Gasteiger partial charge in [-0.15, -0.1) is 0 Å². The van der Waals surface area contributed by atoms with Crippen LogP contribution in [0.1, 0.15) is 24.0 Å². The van der Waals surface area contributed by atoms with E-state index in [1.807, 2.05) is 12.4 Å². The maximum absolute atomic E-state index is 4.18. The monoisotopic (exact) mass is 377 g/mol. The maximum Gasteiger partial charge on any atom is 0.0668 e. The Kier molecular flexibility index (Phi) is 3.48. The highest BCUT2D eigenvalue weighted by Crippen LogP contribution is 2.56. The van der Waals surface area contributed by atoms with E-state index in [0.29, 0.717) is 0 Å². The van der Waals surface area contributed by atoms with Crippen molar-refractivity contribution in [1.82, 2.24) is 9.88 Å². The van der Waals surface area contributed by atoms with Gasteiger partial charge in [-0.2, -0.15) is 0 Å². The van der Waals surface area contributed by atoms with Crippen LogP contribution >= 0.6 is 0 Å². The van der Waals surface area contributed by atoms with Crippen LogP contribution in [0.25, 0.3) is 16.7 Å². The maximum atomic E-state index is 4.18. The SMILES string of the molecule is CN1C=C2C=C(c3ccccc3)CN2c2cc(-c3ccncc3)ccc2C12CC2. The number of benzene rings is 2. The molecule has 2 aromatic carbocycles. The molecule has 3 heterocycles. The summed E-state index contributed by atoms with van der Waals surface area (Å²) in [5, 5.41) is 0. The number of rotatable bonds is 2. The number of allylic oxidation sites excluding steroid dienone is 1. The molecule has 0 amide bonds. The number of hydrogen-bond acceptors (Lipinski definition) is 3. The Hall–Kier alpha value is -3.33. The van der Waals surface area contributed by atoms with Crippen LogP contribution in [-0.4, -0.2) is 23.5 Å². The molecule has 3 aromatic rings. The highest BCUT2D eigenvalue weighted by Gasteiger charge is 2.50. The zero-order chi connectivity index (χ0) is 19.4. The molecule has 0 N–H and O–H groups in total. The summed E-state index contributed by atoms with van der Waals surface area (Å²) in [6.45, 7) is 0.909. The minimum Gasteiger partial charge on any atom is -0.369 e. The average molecular weight is 377 g/mol. The molecule has 142 valence electrons. The first-order valence-electron chi connectivity index (χ1n) is 10.3. The van der Waals surface area contributed by atoms with E-state index in [-0.39, 0.29) is 5.54 Å². The summed E-state index contributed by atoms with van der Waals surface area (Å²) in [4.78, 5) is 9.11. The van der Waals surface area contributed by atoms with Gasteiger partial charge in [0.1, 0.15) is 0 Å². The van der Waals surface area contributed by atoms with E-state index in [1.54, 1.807) is 0 Å². The van der Waals surface area contributed by atoms with E-state index in [0.717, 1.165) is 6.54 Å². The van der Waals surface area contributed by atoms with Gasteiger partial charge in [-0.3, -0.25) is 4.98 Å². The Morgan fingerprint density at radius 3 is 2.41 bits per heavy atom. The first kappa shape index (κ1) is 16.6. The Morgan fingerprint density at radius 2 is 1.66 bits per heavy atom. The normalized spacial score (nSPS) is 18.7. The van der Waals surface area contributed by atoms with Gasteiger partial charge in [0.15, 0.2) is 0 Å². The third-order valence-corrected chi connectivity index (χ3v) is 6.64. The van der Waals surface area contributed by atoms with Crippen LogP contribution in [0.4, 0.5) is 5.69 Å². The molecule has 0 unspecified atom stereocenters. The lowest BCUT2D eigenvalue weighted by Crippen LogP contribution is -2.26. The molecular weight excluding hydrogens is 354 g/mol. The predicted molar refractivity (Wildman–Crippen MR) is 118 cm³/mol. The molecule has 0 atom stereocenters. The Morgan fingerprint density at radius 1 is 0.862 bits per heavy atom. The van der Waals surface area contributed by atoms with Crippen LogP contribution in [0.5, 0.6) is 0 Å². The van der Waals surface area contributed by atoms with Gasteiger partial charge in [-0.1, -0.05) is 42.5 Å². The lowest BCUT2D eigenvalue weighted by Gasteiger charge is -2.28. The molecule has 2 aliphatic heterocycles. The van der Waals surface area contributed by atoms with Crippen molar-refractivity contribution in [1.29, 1.82) is 0 Å². The molecule has 1 aromatic heterocycles. The van der Waals surface area contributed by atoms with Gasteiger partial charge >= 0.3 is 0 Å². The average Bonchev–Trinajstić information content (AvgIpc) is 3.50. The largest absolute Gasteiger partial charge is 0.369 e. The van der Waals surface area contributed by atoms with E-state index >= 15 is 0 Å². The molecule has 1 spiro atoms. The molecule has 6 rings (SSSR count). The smallest absolute Gasteiger partial charge is 0.0668 e. The minimum absolute atomic E-state index is 0.157. The van der Waals surface area contributed by atoms with Crippen LogP contribution in [0.15, 0.2) is 91.0 Å². The molecule has 3 nitrogen and oxygen atoms in total. The molecular formula is C26H23N3. The summed E-state index contributed by atoms with van der Waals surface area (Å²) in [6, 6.07) is 21.9. The summed E-state index contributed by atoms with van der Waals surface area (Å²) in [7, 11) is 2.23. The number of nitrogens with zero attached hydrogens (tertiary/aromatic N) is 3. The van der Waals surface area contributed by atoms with E-state index in [9.17, 15) is 0 Å². The molecule has 1 aliphatic carbocycles. The Bertz CT molecular complexity index is 1140. The summed E-state index contributed by atoms with van der Waals surface area (Å²) in [6.07, 6.45) is 10.9. The van der Waals surface area contributed by atoms with Gasteiger partial charge in [0.2, 0.25) is 0 Å². The molecule has 0 saturated heterocycles. The molecule has 1 saturated carbocycles. The van der Waals surface area contributed by atoms with Crippen LogP contribution in [0, 0.1) is 0 Å². The molecule has 3 aliphatic rings. The standard InChI is InChI=1S/C26H23N3/c1-28-18-23-15-22(19-5-3-2-4-6-19)17-29(23)25-16-21(20-9-13-27-14-10-20)7-8-24(25)26(28)11-12-26/h2-10,13-16,18H,11-12,17H2,1H3. The second-order valence-electron chi connectivity index (χ2n) is 8.29. The minimum atomic E-state index is 0.157. The van der Waals surface area contributed by atoms with Gasteiger partial charge in [0, 0.05) is 43.4 Å². The summed E-state index contributed by atoms with van der Waals surface area (Å²) >= 11 is 0. The van der Waals surface area contributed by atoms with Gasteiger partial charge in [-0.05, 0) is 59.4 Å². The van der Waals surface area contributed by atoms with E-state index in [1.165, 1.54) is 52.1 Å². The zero-order valence-corrected chi connectivity index (χ0v) is 16.5. The van der Waals surface area contributed by atoms with Crippen molar-refractivity contribution in [3.8, 4) is 11.1 Å². The number of aromatic nitrogens is 1. The fourth-order valence-corrected chi connectivity index (χ4v) is 4.85. The number of pyridine rings is 1. The van der Waals surface area contributed by atoms with Crippen LogP contribution < -0.4 is 4.90 Å². The van der Waals surface area contributed by atoms with Crippen molar-refractivity contribution < 1.29 is 0 Å². The molecule has 0 radical (unpaired) electrons. The molecule has 0 bridgehead atoms. The van der Waals surface area contributed by atoms with Crippen molar-refractivity contribution >= 4 is 11.3 Å². The Labute approximate surface area is 171 Å². The highest BCUT2D eigenvalue weighted by atomic mass is 15.3. The van der Waals surface area contributed by atoms with Crippen molar-refractivity contribution in [2.75, 3.05) is 18.5 Å². The van der Waals surface area contributed by atoms with Gasteiger partial charge in [-0.25, -0.2) is 0 Å². The zero-order valence-electron chi connectivity index (χ0n) is 16.5. The fourth-order valence-electron chi connectivity index (χ4n) is 4.85. The Balaban J connectivity index is 1.50. The fraction of sp³-hybridized carbons (Fsp3) is 0.192. The second-order valence-corrected chi connectivity index (χ2v) is 8.29. The third-order valence-electron chi connectivity index (χ3n) is 6.64. The lowest BCUT2D eigenvalue weighted by molar-refractivity contribution is 0.315. The van der Waals surface area contributed by atoms with Crippen LogP contribution in [0.2, 0.25) is 0 Å². The number of anilines is 1. The van der Waals surface area contributed by atoms with Crippen LogP contribution in [0.3, 0.4) is 0 Å². The van der Waals surface area contributed by atoms with Crippen molar-refractivity contribution in [3.05, 3.63) is 102 Å². The first-order chi connectivity index (χ1) is 14.2. The molecule has 1 fully saturated rings. The van der Waals surface area contributed by atoms with Gasteiger partial charge in [0.05, 0.1) is 11.2 Å². The van der Waals surface area contributed by atoms with Crippen molar-refractivity contribution in [2.45, 2.75) is 18.4 Å². The second kappa shape index (κ2) is 6.08. The number of fused-ring (bicyclic) bond motifs is 4. The summed E-state index contributed by atoms with van der Waals surface area (Å²) in [5.41, 5.74) is 9.37. The van der Waals surface area contributed by atoms with Gasteiger partial charge < -0.3 is 9.80 Å². The number of hydrogen-bond donors (Lipinski definition) is 0. The lowest BCUT2D eigenvalue weighted by atomic mass is 9.96. The molecule has 3 heteroatoms. The topological polar surface area (TPSA) is 19.4 Å². The van der Waals surface area contributed by atoms with E-state index < -0.39 is 0 Å². The van der Waals surface area contributed by atoms with Crippen molar-refractivity contribution in [2.24, 2.45) is 0 Å². The summed E-state index contributed by atoms with van der Waals surface area (Å²) in [5.74, 6) is 0. The van der Waals surface area contributed by atoms with Crippen LogP contribution in [-0.2, 0) is 5.54 Å². The van der Waals surface area contributed by atoms with E-state index in [2.05, 4.69) is 94.8 Å². The highest BCUT2D eigenvalue weighted by molar-refractivity contribution is 5.83. The van der Waals surface area contributed by atoms with E-state index in [4.69, 9.17) is 0 Å². The first-order valence-corrected chi connectivity index (χ1v) is 10.3. The molecule has 29 heavy (non-hydrogen) atoms. The third kappa shape index (κ3) is 2.54. The quantitative estimate of drug-likeness (QED) is 0.594. The van der Waals surface area contributed by atoms with Gasteiger partial charge in [0.25, 0.3) is 0 Å².